The second-order valence-corrected chi connectivity index (χ2v) is 17.6. The van der Waals surface area contributed by atoms with E-state index >= 15 is 0 Å². The summed E-state index contributed by atoms with van der Waals surface area (Å²) in [5.41, 5.74) is -0.600. The summed E-state index contributed by atoms with van der Waals surface area (Å²) in [5.74, 6) is 1.77. The Kier molecular flexibility index (Phi) is 40.0. The predicted octanol–water partition coefficient (Wildman–Crippen LogP) is -1.17. The molecule has 0 spiro atoms. The second kappa shape index (κ2) is 44.4. The molecule has 0 fully saturated rings. The van der Waals surface area contributed by atoms with Crippen LogP contribution in [-0.4, -0.2) is 232 Å². The van der Waals surface area contributed by atoms with E-state index < -0.39 is 11.6 Å². The highest BCUT2D eigenvalue weighted by atomic mass is 16.6. The lowest BCUT2D eigenvalue weighted by atomic mass is 10.2. The van der Waals surface area contributed by atoms with Crippen LogP contribution in [0.5, 0.6) is 0 Å². The SMILES string of the molecule is CC(C)(C)OC(=O)COCC(=O)CCCOCCOCC(=O)NCCOCCOCC(=O)CCCN1C(=O)C=CC1=O.NOCC(=O)CCCOCCOCC(=O)NCCOCCOCC(=O)CCCN1C(=O)C=CC1=O. The molecule has 436 valence electrons. The van der Waals surface area contributed by atoms with Gasteiger partial charge in [0, 0.05) is 89.4 Å². The number of hydrogen-bond donors (Lipinski definition) is 3. The minimum absolute atomic E-state index is 0.0668. The largest absolute Gasteiger partial charge is 0.458 e. The summed E-state index contributed by atoms with van der Waals surface area (Å²) in [4.78, 5) is 133. The molecule has 0 saturated carbocycles. The Morgan fingerprint density at radius 1 is 0.416 bits per heavy atom. The van der Waals surface area contributed by atoms with Gasteiger partial charge in [-0.1, -0.05) is 0 Å². The van der Waals surface area contributed by atoms with Crippen LogP contribution in [0, 0.1) is 0 Å². The van der Waals surface area contributed by atoms with E-state index in [1.54, 1.807) is 20.8 Å². The molecule has 2 aliphatic heterocycles. The minimum Gasteiger partial charge on any atom is -0.458 e. The lowest BCUT2D eigenvalue weighted by Gasteiger charge is -2.19. The summed E-state index contributed by atoms with van der Waals surface area (Å²) < 4.78 is 52.3. The Morgan fingerprint density at radius 2 is 0.740 bits per heavy atom. The summed E-state index contributed by atoms with van der Waals surface area (Å²) in [6.07, 6.45) is 7.68. The van der Waals surface area contributed by atoms with Crippen molar-refractivity contribution in [2.45, 2.75) is 77.7 Å². The molecule has 0 aromatic heterocycles. The fourth-order valence-corrected chi connectivity index (χ4v) is 6.12. The second-order valence-electron chi connectivity index (χ2n) is 17.6. The van der Waals surface area contributed by atoms with Gasteiger partial charge in [-0.25, -0.2) is 10.7 Å². The van der Waals surface area contributed by atoms with E-state index in [0.717, 1.165) is 9.80 Å². The molecule has 4 N–H and O–H groups in total. The molecule has 77 heavy (non-hydrogen) atoms. The first-order chi connectivity index (χ1) is 36.9. The highest BCUT2D eigenvalue weighted by molar-refractivity contribution is 6.13. The average Bonchev–Trinajstić information content (AvgIpc) is 3.87. The monoisotopic (exact) mass is 1100 g/mol. The number of amides is 6. The van der Waals surface area contributed by atoms with Crippen molar-refractivity contribution in [2.24, 2.45) is 5.90 Å². The third-order valence-corrected chi connectivity index (χ3v) is 9.73. The van der Waals surface area contributed by atoms with Crippen molar-refractivity contribution >= 4 is 64.5 Å². The van der Waals surface area contributed by atoms with E-state index in [4.69, 9.17) is 53.3 Å². The van der Waals surface area contributed by atoms with Crippen LogP contribution in [0.15, 0.2) is 24.3 Å². The Hall–Kier alpha value is -5.59. The zero-order valence-corrected chi connectivity index (χ0v) is 44.7. The van der Waals surface area contributed by atoms with Crippen LogP contribution < -0.4 is 16.5 Å². The zero-order valence-electron chi connectivity index (χ0n) is 44.7. The fraction of sp³-hybridized carbons (Fsp3) is 0.700. The first kappa shape index (κ1) is 69.4. The first-order valence-corrected chi connectivity index (χ1v) is 25.3. The number of esters is 1. The standard InChI is InChI=1S/C28H44N2O12.C22H35N3O10/c1-28(2,3)42-27(36)21-41-19-23(32)7-5-12-37-14-17-40-20-24(33)29-10-13-38-15-16-39-18-22(31)6-4-11-30-25(34)8-9-26(30)35;23-35-16-19(27)4-2-9-31-11-14-34-17-20(28)24-7-10-32-12-13-33-15-18(26)3-1-8-25-21(29)5-6-22(25)30/h8-9H,4-7,10-21H2,1-3H3,(H,29,33);5-6H,1-4,7-17,23H2,(H,24,28). The summed E-state index contributed by atoms with van der Waals surface area (Å²) in [6.45, 7) is 8.68. The van der Waals surface area contributed by atoms with Gasteiger partial charge in [0.05, 0.1) is 66.1 Å². The normalized spacial score (nSPS) is 13.0. The summed E-state index contributed by atoms with van der Waals surface area (Å²) in [7, 11) is 0. The van der Waals surface area contributed by atoms with Gasteiger partial charge in [-0.2, -0.15) is 0 Å². The Labute approximate surface area is 448 Å². The highest BCUT2D eigenvalue weighted by Crippen LogP contribution is 2.08. The molecule has 0 radical (unpaired) electrons. The van der Waals surface area contributed by atoms with Crippen LogP contribution in [0.4, 0.5) is 0 Å². The predicted molar refractivity (Wildman–Crippen MR) is 268 cm³/mol. The number of hydrogen-bond acceptors (Lipinski definition) is 23. The van der Waals surface area contributed by atoms with Gasteiger partial charge in [0.15, 0.2) is 23.1 Å². The molecular weight excluding hydrogens is 1020 g/mol. The zero-order chi connectivity index (χ0) is 56.9. The molecule has 27 nitrogen and oxygen atoms in total. The van der Waals surface area contributed by atoms with Crippen molar-refractivity contribution < 1.29 is 105 Å². The number of ether oxygens (including phenoxy) is 10. The van der Waals surface area contributed by atoms with Gasteiger partial charge in [0.2, 0.25) is 11.8 Å². The first-order valence-electron chi connectivity index (χ1n) is 25.3. The number of nitrogens with two attached hydrogens (primary N) is 1. The van der Waals surface area contributed by atoms with Gasteiger partial charge >= 0.3 is 5.97 Å². The molecule has 0 unspecified atom stereocenters. The van der Waals surface area contributed by atoms with Gasteiger partial charge in [-0.15, -0.1) is 0 Å². The minimum atomic E-state index is -0.600. The number of ketones is 4. The third kappa shape index (κ3) is 40.3. The summed E-state index contributed by atoms with van der Waals surface area (Å²) >= 11 is 0. The number of nitrogens with one attached hydrogen (secondary N) is 2. The summed E-state index contributed by atoms with van der Waals surface area (Å²) in [6, 6.07) is 0. The number of imide groups is 2. The lowest BCUT2D eigenvalue weighted by Crippen LogP contribution is -2.31. The molecule has 0 atom stereocenters. The smallest absolute Gasteiger partial charge is 0.332 e. The van der Waals surface area contributed by atoms with Crippen LogP contribution in [0.3, 0.4) is 0 Å². The topological polar surface area (TPSA) is 346 Å². The van der Waals surface area contributed by atoms with Crippen molar-refractivity contribution in [1.82, 2.24) is 20.4 Å². The Morgan fingerprint density at radius 3 is 1.12 bits per heavy atom. The summed E-state index contributed by atoms with van der Waals surface area (Å²) in [5, 5.41) is 5.28. The quantitative estimate of drug-likeness (QED) is 0.0280. The molecule has 0 bridgehead atoms. The van der Waals surface area contributed by atoms with Crippen molar-refractivity contribution in [3.63, 3.8) is 0 Å². The molecule has 27 heteroatoms. The molecule has 2 rings (SSSR count). The third-order valence-electron chi connectivity index (χ3n) is 9.73. The number of carbonyl (C=O) groups excluding carboxylic acids is 11. The molecule has 2 heterocycles. The molecular formula is C50H79N5O22. The molecule has 0 aliphatic carbocycles. The van der Waals surface area contributed by atoms with Gasteiger partial charge in [0.1, 0.15) is 51.8 Å². The maximum atomic E-state index is 11.8. The van der Waals surface area contributed by atoms with Gasteiger partial charge in [-0.05, 0) is 46.5 Å². The van der Waals surface area contributed by atoms with E-state index in [2.05, 4.69) is 15.5 Å². The van der Waals surface area contributed by atoms with E-state index in [1.165, 1.54) is 24.3 Å². The number of nitrogens with zero attached hydrogens (tertiary/aromatic N) is 2. The van der Waals surface area contributed by atoms with Crippen LogP contribution in [-0.2, 0) is 105 Å². The van der Waals surface area contributed by atoms with Gasteiger partial charge < -0.3 is 58.0 Å². The van der Waals surface area contributed by atoms with Crippen molar-refractivity contribution in [2.75, 3.05) is 152 Å². The van der Waals surface area contributed by atoms with Crippen LogP contribution >= 0.6 is 0 Å². The molecule has 2 aliphatic rings. The lowest BCUT2D eigenvalue weighted by molar-refractivity contribution is -0.160. The Balaban J connectivity index is 0.000000783. The highest BCUT2D eigenvalue weighted by Gasteiger charge is 2.24. The Bertz CT molecular complexity index is 1850. The number of rotatable bonds is 48. The van der Waals surface area contributed by atoms with E-state index in [-0.39, 0.29) is 203 Å². The number of Topliss-reactive ketones (excluding diaryl/α,β-unsaturated/α-hetero) is 4. The van der Waals surface area contributed by atoms with E-state index in [1.807, 2.05) is 0 Å². The van der Waals surface area contributed by atoms with Crippen molar-refractivity contribution in [3.05, 3.63) is 24.3 Å². The molecule has 0 aromatic rings. The van der Waals surface area contributed by atoms with Gasteiger partial charge in [-0.3, -0.25) is 62.6 Å². The maximum Gasteiger partial charge on any atom is 0.332 e. The van der Waals surface area contributed by atoms with Crippen molar-refractivity contribution in [1.29, 1.82) is 0 Å². The number of carbonyl (C=O) groups is 11. The van der Waals surface area contributed by atoms with E-state index in [0.29, 0.717) is 58.5 Å². The molecule has 0 aromatic carbocycles. The van der Waals surface area contributed by atoms with E-state index in [9.17, 15) is 52.7 Å². The van der Waals surface area contributed by atoms with Crippen LogP contribution in [0.1, 0.15) is 72.1 Å². The van der Waals surface area contributed by atoms with Crippen LogP contribution in [0.25, 0.3) is 0 Å². The van der Waals surface area contributed by atoms with Crippen molar-refractivity contribution in [3.8, 4) is 0 Å². The molecule has 6 amide bonds. The molecule has 0 saturated heterocycles. The fourth-order valence-electron chi connectivity index (χ4n) is 6.12. The van der Waals surface area contributed by atoms with Gasteiger partial charge in [0.25, 0.3) is 23.6 Å². The van der Waals surface area contributed by atoms with Crippen LogP contribution in [0.2, 0.25) is 0 Å². The maximum absolute atomic E-state index is 11.8. The average molecular weight is 1100 g/mol.